The van der Waals surface area contributed by atoms with Crippen LogP contribution in [-0.4, -0.2) is 97.5 Å². The van der Waals surface area contributed by atoms with Crippen molar-refractivity contribution in [3.05, 3.63) is 36.5 Å². The van der Waals surface area contributed by atoms with E-state index >= 15 is 0 Å². The molecule has 0 spiro atoms. The van der Waals surface area contributed by atoms with E-state index in [-0.39, 0.29) is 19.6 Å². The Bertz CT molecular complexity index is 1370. The molecule has 1 rings (SSSR count). The number of hydrogen-bond acceptors (Lipinski definition) is 11. The van der Waals surface area contributed by atoms with Crippen LogP contribution in [0.2, 0.25) is 0 Å². The lowest BCUT2D eigenvalue weighted by atomic mass is 9.99. The van der Waals surface area contributed by atoms with Gasteiger partial charge < -0.3 is 34.3 Å². The molecule has 0 aromatic heterocycles. The Morgan fingerprint density at radius 1 is 0.535 bits per heavy atom. The topological polar surface area (TPSA) is 178 Å². The minimum absolute atomic E-state index is 0.0375. The zero-order valence-electron chi connectivity index (χ0n) is 45.3. The number of hydrogen-bond donors (Lipinski definition) is 4. The molecule has 0 bridgehead atoms. The summed E-state index contributed by atoms with van der Waals surface area (Å²) in [6.45, 7) is 4.03. The molecule has 1 saturated heterocycles. The van der Waals surface area contributed by atoms with E-state index in [0.717, 1.165) is 51.4 Å². The van der Waals surface area contributed by atoms with Gasteiger partial charge in [0.2, 0.25) is 0 Å². The Morgan fingerprint density at radius 3 is 1.35 bits per heavy atom. The number of rotatable bonds is 52. The molecular formula is C58H108O12S. The highest BCUT2D eigenvalue weighted by Gasteiger charge is 2.48. The largest absolute Gasteiger partial charge is 0.457 e. The maximum absolute atomic E-state index is 12.9. The molecule has 0 saturated carbocycles. The quantitative estimate of drug-likeness (QED) is 0.0196. The first-order valence-corrected chi connectivity index (χ1v) is 30.6. The number of carbonyl (C=O) groups is 1. The molecule has 1 aliphatic rings. The molecule has 0 aromatic carbocycles. The average Bonchev–Trinajstić information content (AvgIpc) is 3.35. The molecule has 12 nitrogen and oxygen atoms in total. The highest BCUT2D eigenvalue weighted by molar-refractivity contribution is 7.80. The number of esters is 1. The van der Waals surface area contributed by atoms with E-state index in [1.54, 1.807) is 0 Å². The predicted molar refractivity (Wildman–Crippen MR) is 290 cm³/mol. The second-order valence-electron chi connectivity index (χ2n) is 20.2. The number of carbonyl (C=O) groups excluding carboxylic acids is 1. The van der Waals surface area contributed by atoms with Gasteiger partial charge in [-0.3, -0.25) is 9.35 Å². The van der Waals surface area contributed by atoms with E-state index in [4.69, 9.17) is 18.9 Å². The summed E-state index contributed by atoms with van der Waals surface area (Å²) in [6, 6.07) is 0. The van der Waals surface area contributed by atoms with Crippen LogP contribution in [0.1, 0.15) is 264 Å². The van der Waals surface area contributed by atoms with E-state index in [1.807, 2.05) is 0 Å². The lowest BCUT2D eigenvalue weighted by molar-refractivity contribution is -0.301. The lowest BCUT2D eigenvalue weighted by Crippen LogP contribution is -2.60. The maximum atomic E-state index is 12.9. The predicted octanol–water partition coefficient (Wildman–Crippen LogP) is 14.5. The number of allylic oxidation sites excluding steroid dienone is 6. The van der Waals surface area contributed by atoms with Crippen LogP contribution in [0.4, 0.5) is 0 Å². The second kappa shape index (κ2) is 49.2. The first-order chi connectivity index (χ1) is 34.6. The first kappa shape index (κ1) is 67.3. The summed E-state index contributed by atoms with van der Waals surface area (Å²) in [5, 5.41) is 30.8. The van der Waals surface area contributed by atoms with Crippen LogP contribution in [-0.2, 0) is 38.3 Å². The van der Waals surface area contributed by atoms with Crippen molar-refractivity contribution in [3.63, 3.8) is 0 Å². The van der Waals surface area contributed by atoms with Gasteiger partial charge in [-0.05, 0) is 51.4 Å². The average molecular weight is 1030 g/mol. The molecular weight excluding hydrogens is 921 g/mol. The van der Waals surface area contributed by atoms with Crippen molar-refractivity contribution in [2.45, 2.75) is 301 Å². The van der Waals surface area contributed by atoms with Crippen molar-refractivity contribution < 1.29 is 56.2 Å². The molecule has 6 atom stereocenters. The van der Waals surface area contributed by atoms with E-state index in [0.29, 0.717) is 13.0 Å². The summed E-state index contributed by atoms with van der Waals surface area (Å²) in [7, 11) is -5.07. The number of aliphatic hydroxyl groups excluding tert-OH is 3. The normalized spacial score (nSPS) is 19.2. The molecule has 1 fully saturated rings. The molecule has 0 aliphatic carbocycles. The van der Waals surface area contributed by atoms with Crippen molar-refractivity contribution in [2.75, 3.05) is 26.4 Å². The summed E-state index contributed by atoms with van der Waals surface area (Å²) in [4.78, 5) is 12.9. The fourth-order valence-electron chi connectivity index (χ4n) is 9.09. The van der Waals surface area contributed by atoms with Crippen LogP contribution in [0.15, 0.2) is 36.5 Å². The van der Waals surface area contributed by atoms with Crippen LogP contribution in [0.25, 0.3) is 0 Å². The first-order valence-electron chi connectivity index (χ1n) is 29.2. The summed E-state index contributed by atoms with van der Waals surface area (Å²) in [5.41, 5.74) is 0. The number of unbranched alkanes of at least 4 members (excludes halogenated alkanes) is 33. The minimum Gasteiger partial charge on any atom is -0.457 e. The molecule has 0 amide bonds. The molecule has 0 aromatic rings. The van der Waals surface area contributed by atoms with Crippen molar-refractivity contribution in [2.24, 2.45) is 0 Å². The van der Waals surface area contributed by atoms with Gasteiger partial charge in [0.15, 0.2) is 6.29 Å². The standard InChI is InChI=1S/C58H108O12S/c1-3-5-7-9-11-13-15-17-19-21-23-24-25-26-27-28-29-30-32-34-36-38-40-42-44-46-48-66-50-52(51-67-58-56(62)57(70-71(63,64)65)55(61)53(49-59)69-58)68-54(60)47-45-43-41-39-37-35-33-31-22-20-18-16-14-12-10-8-6-4-2/h15,17,21,23,25-26,52-53,55-59,61-62H,3-14,16,18-20,22,24,27-51H2,1-2H3,(H,63,64,65)/b17-15-,23-21-,26-25-. The summed E-state index contributed by atoms with van der Waals surface area (Å²) < 4.78 is 59.4. The third-order valence-electron chi connectivity index (χ3n) is 13.5. The van der Waals surface area contributed by atoms with Gasteiger partial charge in [-0.2, -0.15) is 8.42 Å². The van der Waals surface area contributed by atoms with Gasteiger partial charge in [0.25, 0.3) is 0 Å². The second-order valence-corrected chi connectivity index (χ2v) is 21.3. The van der Waals surface area contributed by atoms with Crippen LogP contribution in [0.3, 0.4) is 0 Å². The Hall–Kier alpha value is -1.68. The summed E-state index contributed by atoms with van der Waals surface area (Å²) in [6.07, 6.45) is 51.8. The molecule has 13 heteroatoms. The van der Waals surface area contributed by atoms with E-state index in [2.05, 4.69) is 54.5 Å². The molecule has 0 radical (unpaired) electrons. The molecule has 1 aliphatic heterocycles. The van der Waals surface area contributed by atoms with Gasteiger partial charge in [-0.25, -0.2) is 4.18 Å². The Labute approximate surface area is 434 Å². The third-order valence-corrected chi connectivity index (χ3v) is 14.0. The third kappa shape index (κ3) is 42.3. The van der Waals surface area contributed by atoms with Gasteiger partial charge in [0, 0.05) is 13.0 Å². The van der Waals surface area contributed by atoms with E-state index < -0.39 is 59.8 Å². The molecule has 418 valence electrons. The van der Waals surface area contributed by atoms with Crippen molar-refractivity contribution >= 4 is 16.4 Å². The highest BCUT2D eigenvalue weighted by Crippen LogP contribution is 2.26. The van der Waals surface area contributed by atoms with Crippen LogP contribution in [0, 0.1) is 0 Å². The lowest BCUT2D eigenvalue weighted by Gasteiger charge is -2.41. The maximum Gasteiger partial charge on any atom is 0.397 e. The number of ether oxygens (including phenoxy) is 4. The van der Waals surface area contributed by atoms with Crippen molar-refractivity contribution in [3.8, 4) is 0 Å². The SMILES string of the molecule is CCCCCCC/C=C\C/C=C\C/C=C\CCCCCCCCCCCCCOCC(COC1OC(CO)C(O)C(OS(=O)(=O)O)C1O)OC(=O)CCCCCCCCCCCCCCCCCCCC. The van der Waals surface area contributed by atoms with Crippen molar-refractivity contribution in [1.29, 1.82) is 0 Å². The monoisotopic (exact) mass is 1030 g/mol. The van der Waals surface area contributed by atoms with Crippen molar-refractivity contribution in [1.82, 2.24) is 0 Å². The van der Waals surface area contributed by atoms with E-state index in [1.165, 1.54) is 186 Å². The van der Waals surface area contributed by atoms with Gasteiger partial charge in [0.05, 0.1) is 19.8 Å². The molecule has 4 N–H and O–H groups in total. The smallest absolute Gasteiger partial charge is 0.397 e. The highest BCUT2D eigenvalue weighted by atomic mass is 32.3. The Kier molecular flexibility index (Phi) is 46.7. The zero-order chi connectivity index (χ0) is 51.7. The van der Waals surface area contributed by atoms with Gasteiger partial charge in [0.1, 0.15) is 30.5 Å². The van der Waals surface area contributed by atoms with Crippen LogP contribution >= 0.6 is 0 Å². The molecule has 71 heavy (non-hydrogen) atoms. The van der Waals surface area contributed by atoms with Gasteiger partial charge in [-0.1, -0.05) is 243 Å². The minimum atomic E-state index is -5.07. The van der Waals surface area contributed by atoms with E-state index in [9.17, 15) is 33.1 Å². The van der Waals surface area contributed by atoms with Crippen LogP contribution < -0.4 is 0 Å². The van der Waals surface area contributed by atoms with Gasteiger partial charge >= 0.3 is 16.4 Å². The Balaban J connectivity index is 2.28. The molecule has 1 heterocycles. The number of aliphatic hydroxyl groups is 3. The van der Waals surface area contributed by atoms with Gasteiger partial charge in [-0.15, -0.1) is 0 Å². The Morgan fingerprint density at radius 2 is 0.930 bits per heavy atom. The summed E-state index contributed by atoms with van der Waals surface area (Å²) >= 11 is 0. The summed E-state index contributed by atoms with van der Waals surface area (Å²) in [5.74, 6) is -0.395. The van der Waals surface area contributed by atoms with Crippen LogP contribution in [0.5, 0.6) is 0 Å². The fraction of sp³-hybridized carbons (Fsp3) is 0.879. The fourth-order valence-corrected chi connectivity index (χ4v) is 9.60. The zero-order valence-corrected chi connectivity index (χ0v) is 46.1. The molecule has 6 unspecified atom stereocenters.